The number of fused-ring (bicyclic) bond motifs is 1. The fourth-order valence-electron chi connectivity index (χ4n) is 3.10. The van der Waals surface area contributed by atoms with Crippen molar-refractivity contribution in [2.45, 2.75) is 19.5 Å². The number of halogens is 2. The molecule has 30 heavy (non-hydrogen) atoms. The number of benzene rings is 2. The van der Waals surface area contributed by atoms with Crippen LogP contribution in [0.5, 0.6) is 17.2 Å². The number of carbonyl (C=O) groups is 2. The van der Waals surface area contributed by atoms with E-state index in [0.29, 0.717) is 24.4 Å². The Hall–Kier alpha value is -3.36. The molecule has 9 heteroatoms. The van der Waals surface area contributed by atoms with Crippen LogP contribution in [0.4, 0.5) is 14.5 Å². The van der Waals surface area contributed by atoms with Crippen molar-refractivity contribution in [3.63, 3.8) is 0 Å². The summed E-state index contributed by atoms with van der Waals surface area (Å²) in [7, 11) is 1.36. The van der Waals surface area contributed by atoms with Crippen LogP contribution >= 0.6 is 0 Å². The summed E-state index contributed by atoms with van der Waals surface area (Å²) in [5.41, 5.74) is 1.34. The second-order valence-electron chi connectivity index (χ2n) is 6.51. The number of amides is 2. The fourth-order valence-corrected chi connectivity index (χ4v) is 3.10. The Morgan fingerprint density at radius 3 is 2.80 bits per heavy atom. The minimum atomic E-state index is -2.94. The molecule has 0 atom stereocenters. The Morgan fingerprint density at radius 2 is 2.03 bits per heavy atom. The van der Waals surface area contributed by atoms with Gasteiger partial charge >= 0.3 is 6.61 Å². The highest BCUT2D eigenvalue weighted by Crippen LogP contribution is 2.31. The molecule has 1 heterocycles. The normalized spacial score (nSPS) is 13.3. The molecule has 0 spiro atoms. The third-order valence-electron chi connectivity index (χ3n) is 4.51. The van der Waals surface area contributed by atoms with Gasteiger partial charge in [-0.05, 0) is 36.2 Å². The van der Waals surface area contributed by atoms with Crippen LogP contribution in [0, 0.1) is 0 Å². The lowest BCUT2D eigenvalue weighted by molar-refractivity contribution is -0.123. The minimum absolute atomic E-state index is 0.0548. The van der Waals surface area contributed by atoms with E-state index in [1.807, 2.05) is 0 Å². The van der Waals surface area contributed by atoms with Crippen molar-refractivity contribution < 1.29 is 32.6 Å². The number of carbonyl (C=O) groups excluding carboxylic acids is 2. The molecule has 1 N–H and O–H groups in total. The van der Waals surface area contributed by atoms with Gasteiger partial charge in [0.05, 0.1) is 25.8 Å². The summed E-state index contributed by atoms with van der Waals surface area (Å²) in [5, 5.41) is 2.77. The highest BCUT2D eigenvalue weighted by molar-refractivity contribution is 6.00. The van der Waals surface area contributed by atoms with E-state index >= 15 is 0 Å². The molecule has 0 fully saturated rings. The number of alkyl halides is 2. The number of para-hydroxylation sites is 2. The third kappa shape index (κ3) is 5.37. The number of hydrogen-bond donors (Lipinski definition) is 1. The summed E-state index contributed by atoms with van der Waals surface area (Å²) in [6, 6.07) is 11.7. The summed E-state index contributed by atoms with van der Waals surface area (Å²) in [4.78, 5) is 26.2. The summed E-state index contributed by atoms with van der Waals surface area (Å²) < 4.78 is 39.8. The minimum Gasteiger partial charge on any atom is -0.493 e. The van der Waals surface area contributed by atoms with E-state index in [1.54, 1.807) is 36.4 Å². The van der Waals surface area contributed by atoms with E-state index < -0.39 is 6.61 Å². The second kappa shape index (κ2) is 9.91. The zero-order valence-corrected chi connectivity index (χ0v) is 16.4. The first-order valence-corrected chi connectivity index (χ1v) is 9.38. The Morgan fingerprint density at radius 1 is 1.23 bits per heavy atom. The highest BCUT2D eigenvalue weighted by Gasteiger charge is 2.24. The van der Waals surface area contributed by atoms with Gasteiger partial charge in [0.25, 0.3) is 0 Å². The van der Waals surface area contributed by atoms with Gasteiger partial charge in [0, 0.05) is 6.54 Å². The summed E-state index contributed by atoms with van der Waals surface area (Å²) in [6.45, 7) is -2.50. The number of nitrogens with one attached hydrogen (secondary N) is 1. The molecule has 0 saturated heterocycles. The molecule has 1 aliphatic heterocycles. The quantitative estimate of drug-likeness (QED) is 0.711. The van der Waals surface area contributed by atoms with Crippen LogP contribution in [-0.4, -0.2) is 45.2 Å². The third-order valence-corrected chi connectivity index (χ3v) is 4.51. The van der Waals surface area contributed by atoms with Gasteiger partial charge in [0.1, 0.15) is 12.3 Å². The summed E-state index contributed by atoms with van der Waals surface area (Å²) >= 11 is 0. The Bertz CT molecular complexity index is 907. The number of ether oxygens (including phenoxy) is 3. The summed E-state index contributed by atoms with van der Waals surface area (Å²) in [6.07, 6.45) is 0.638. The highest BCUT2D eigenvalue weighted by atomic mass is 19.3. The number of nitrogens with zero attached hydrogens (tertiary/aromatic N) is 1. The van der Waals surface area contributed by atoms with E-state index in [4.69, 9.17) is 9.47 Å². The van der Waals surface area contributed by atoms with Crippen molar-refractivity contribution in [2.24, 2.45) is 0 Å². The van der Waals surface area contributed by atoms with Crippen molar-refractivity contribution in [3.8, 4) is 17.2 Å². The predicted octanol–water partition coefficient (Wildman–Crippen LogP) is 2.77. The lowest BCUT2D eigenvalue weighted by atomic mass is 10.1. The molecule has 0 bridgehead atoms. The molecular formula is C21H22F2N2O5. The maximum Gasteiger partial charge on any atom is 0.387 e. The molecule has 0 radical (unpaired) electrons. The molecule has 1 aliphatic rings. The first-order chi connectivity index (χ1) is 14.5. The molecule has 2 aromatic rings. The molecule has 0 aliphatic carbocycles. The van der Waals surface area contributed by atoms with Gasteiger partial charge in [0.2, 0.25) is 11.8 Å². The lowest BCUT2D eigenvalue weighted by Crippen LogP contribution is -2.41. The van der Waals surface area contributed by atoms with Gasteiger partial charge in [-0.2, -0.15) is 8.78 Å². The zero-order chi connectivity index (χ0) is 21.5. The van der Waals surface area contributed by atoms with E-state index in [-0.39, 0.29) is 42.9 Å². The topological polar surface area (TPSA) is 77.1 Å². The van der Waals surface area contributed by atoms with Gasteiger partial charge < -0.3 is 19.5 Å². The van der Waals surface area contributed by atoms with Crippen LogP contribution in [-0.2, 0) is 16.0 Å². The largest absolute Gasteiger partial charge is 0.493 e. The van der Waals surface area contributed by atoms with E-state index in [1.165, 1.54) is 18.1 Å². The van der Waals surface area contributed by atoms with Crippen LogP contribution in [0.3, 0.4) is 0 Å². The van der Waals surface area contributed by atoms with Crippen LogP contribution < -0.4 is 24.4 Å². The van der Waals surface area contributed by atoms with Crippen molar-refractivity contribution in [2.75, 3.05) is 31.7 Å². The molecule has 0 aromatic heterocycles. The first kappa shape index (κ1) is 21.4. The fraction of sp³-hybridized carbons (Fsp3) is 0.333. The molecule has 3 rings (SSSR count). The van der Waals surface area contributed by atoms with Crippen LogP contribution in [0.1, 0.15) is 12.0 Å². The van der Waals surface area contributed by atoms with Crippen LogP contribution in [0.2, 0.25) is 0 Å². The van der Waals surface area contributed by atoms with Gasteiger partial charge in [-0.1, -0.05) is 18.2 Å². The second-order valence-corrected chi connectivity index (χ2v) is 6.51. The Kier molecular flexibility index (Phi) is 7.05. The molecule has 2 amide bonds. The van der Waals surface area contributed by atoms with E-state index in [9.17, 15) is 18.4 Å². The van der Waals surface area contributed by atoms with Gasteiger partial charge in [-0.15, -0.1) is 0 Å². The standard InChI is InChI=1S/C21H22F2N2O5/c1-28-18-12-14(6-7-17(18)30-21(22)23)8-10-24-19(26)13-25-15-4-2-3-5-16(15)29-11-9-20(25)27/h2-7,12,21H,8-11,13H2,1H3,(H,24,26). The molecule has 0 unspecified atom stereocenters. The van der Waals surface area contributed by atoms with Gasteiger partial charge in [-0.25, -0.2) is 0 Å². The van der Waals surface area contributed by atoms with Gasteiger partial charge in [0.15, 0.2) is 11.5 Å². The molecule has 160 valence electrons. The van der Waals surface area contributed by atoms with Crippen LogP contribution in [0.15, 0.2) is 42.5 Å². The SMILES string of the molecule is COc1cc(CCNC(=O)CN2C(=O)CCOc3ccccc32)ccc1OC(F)F. The zero-order valence-electron chi connectivity index (χ0n) is 16.4. The molecule has 0 saturated carbocycles. The van der Waals surface area contributed by atoms with E-state index in [0.717, 1.165) is 5.56 Å². The molecule has 2 aromatic carbocycles. The maximum atomic E-state index is 12.4. The maximum absolute atomic E-state index is 12.4. The monoisotopic (exact) mass is 420 g/mol. The number of hydrogen-bond acceptors (Lipinski definition) is 5. The number of anilines is 1. The summed E-state index contributed by atoms with van der Waals surface area (Å²) in [5.74, 6) is 0.195. The van der Waals surface area contributed by atoms with Crippen molar-refractivity contribution in [1.82, 2.24) is 5.32 Å². The van der Waals surface area contributed by atoms with E-state index in [2.05, 4.69) is 10.1 Å². The molecular weight excluding hydrogens is 398 g/mol. The number of methoxy groups -OCH3 is 1. The van der Waals surface area contributed by atoms with Crippen molar-refractivity contribution in [1.29, 1.82) is 0 Å². The average Bonchev–Trinajstić information content (AvgIpc) is 2.87. The first-order valence-electron chi connectivity index (χ1n) is 9.38. The number of rotatable bonds is 8. The van der Waals surface area contributed by atoms with Gasteiger partial charge in [-0.3, -0.25) is 14.5 Å². The van der Waals surface area contributed by atoms with Crippen molar-refractivity contribution >= 4 is 17.5 Å². The average molecular weight is 420 g/mol. The Balaban J connectivity index is 1.57. The Labute approximate surface area is 172 Å². The molecule has 7 nitrogen and oxygen atoms in total. The van der Waals surface area contributed by atoms with Crippen LogP contribution in [0.25, 0.3) is 0 Å². The van der Waals surface area contributed by atoms with Crippen molar-refractivity contribution in [3.05, 3.63) is 48.0 Å². The lowest BCUT2D eigenvalue weighted by Gasteiger charge is -2.21. The smallest absolute Gasteiger partial charge is 0.387 e. The predicted molar refractivity (Wildman–Crippen MR) is 105 cm³/mol.